The van der Waals surface area contributed by atoms with E-state index in [9.17, 15) is 87.9 Å². The van der Waals surface area contributed by atoms with E-state index in [-0.39, 0.29) is 12.2 Å². The number of carbonyl (C=O) groups is 13. The Morgan fingerprint density at radius 1 is 0.561 bits per heavy atom. The first-order chi connectivity index (χ1) is 38.6. The van der Waals surface area contributed by atoms with Crippen molar-refractivity contribution in [1.82, 2.24) is 52.8 Å². The van der Waals surface area contributed by atoms with Crippen LogP contribution in [0.2, 0.25) is 0 Å². The Morgan fingerprint density at radius 2 is 1.02 bits per heavy atom. The van der Waals surface area contributed by atoms with Crippen molar-refractivity contribution in [3.8, 4) is 5.75 Å². The third kappa shape index (κ3) is 21.5. The highest BCUT2D eigenvalue weighted by Crippen LogP contribution is 2.20. The number of nitrogens with two attached hydrogens (primary N) is 2. The predicted molar refractivity (Wildman–Crippen MR) is 292 cm³/mol. The lowest BCUT2D eigenvalue weighted by molar-refractivity contribution is -0.144. The van der Waals surface area contributed by atoms with Crippen LogP contribution in [0.1, 0.15) is 44.2 Å². The van der Waals surface area contributed by atoms with Crippen molar-refractivity contribution < 1.29 is 92.6 Å². The molecule has 11 atom stereocenters. The Labute approximate surface area is 477 Å². The van der Waals surface area contributed by atoms with Gasteiger partial charge in [-0.2, -0.15) is 25.3 Å². The van der Waals surface area contributed by atoms with Crippen molar-refractivity contribution in [1.29, 1.82) is 0 Å². The van der Waals surface area contributed by atoms with Crippen LogP contribution in [-0.4, -0.2) is 199 Å². The van der Waals surface area contributed by atoms with Gasteiger partial charge in [0.05, 0.1) is 51.2 Å². The van der Waals surface area contributed by atoms with E-state index >= 15 is 0 Å². The van der Waals surface area contributed by atoms with Gasteiger partial charge in [-0.25, -0.2) is 4.79 Å². The van der Waals surface area contributed by atoms with Crippen molar-refractivity contribution in [2.75, 3.05) is 25.2 Å². The first-order valence-electron chi connectivity index (χ1n) is 24.7. The molecule has 0 aliphatic rings. The minimum atomic E-state index is -2.23. The largest absolute Gasteiger partial charge is 0.497 e. The third-order valence-corrected chi connectivity index (χ3v) is 12.7. The second-order valence-corrected chi connectivity index (χ2v) is 19.1. The molecule has 1 heterocycles. The summed E-state index contributed by atoms with van der Waals surface area (Å²) in [5.74, 6) is -17.1. The van der Waals surface area contributed by atoms with Crippen molar-refractivity contribution in [3.05, 3.63) is 65.9 Å². The van der Waals surface area contributed by atoms with E-state index in [1.165, 1.54) is 13.3 Å². The van der Waals surface area contributed by atoms with Crippen LogP contribution in [0.25, 0.3) is 10.9 Å². The predicted octanol–water partition coefficient (Wildman–Crippen LogP) is -6.19. The van der Waals surface area contributed by atoms with Crippen molar-refractivity contribution in [2.45, 2.75) is 113 Å². The maximum atomic E-state index is 14.0. The quantitative estimate of drug-likeness (QED) is 0.0247. The summed E-state index contributed by atoms with van der Waals surface area (Å²) in [4.78, 5) is 172. The zero-order chi connectivity index (χ0) is 61.5. The molecule has 2 aromatic carbocycles. The SMILES string of the molecule is COc1ccc(C[C@H](NC(=O)[C@@H](N)CS)C(=O)NCC(=O)N[C@@H](CC(N)=O)C(=O)N[C@H](C(=O)N[C@@H](CC(=O)O)C(=O)N[C@@H](CC(=O)O)C(=O)N[C@@H](Cc2c[nH]c3ccccc23)C(=O)N[C@H](C(=O)N[C@@H](CS)C(=O)O)[C@@H](C)O)[C@@H](C)O)cc1. The van der Waals surface area contributed by atoms with Gasteiger partial charge in [0.25, 0.3) is 0 Å². The average molecular weight is 1190 g/mol. The molecule has 3 aromatic rings. The molecule has 0 saturated heterocycles. The number of amides is 10. The lowest BCUT2D eigenvalue weighted by Gasteiger charge is -2.28. The van der Waals surface area contributed by atoms with E-state index in [4.69, 9.17) is 16.2 Å². The number of nitrogens with one attached hydrogen (secondary N) is 10. The molecule has 0 aliphatic heterocycles. The summed E-state index contributed by atoms with van der Waals surface area (Å²) in [5.41, 5.74) is 12.6. The number of benzene rings is 2. The van der Waals surface area contributed by atoms with Gasteiger partial charge >= 0.3 is 17.9 Å². The van der Waals surface area contributed by atoms with E-state index in [0.717, 1.165) is 13.8 Å². The number of carboxylic acids is 3. The van der Waals surface area contributed by atoms with E-state index in [2.05, 4.69) is 67.5 Å². The molecule has 0 spiro atoms. The molecule has 3 rings (SSSR count). The number of rotatable bonds is 34. The minimum absolute atomic E-state index is 0.0847. The summed E-state index contributed by atoms with van der Waals surface area (Å²) in [6.45, 7) is 1.16. The Hall–Kier alpha value is -8.53. The number of ether oxygens (including phenoxy) is 1. The number of carboxylic acid groups (broad SMARTS) is 3. The normalized spacial score (nSPS) is 15.0. The van der Waals surface area contributed by atoms with Crippen LogP contribution in [0.15, 0.2) is 54.7 Å². The highest BCUT2D eigenvalue weighted by atomic mass is 32.1. The van der Waals surface area contributed by atoms with Crippen LogP contribution < -0.4 is 64.1 Å². The van der Waals surface area contributed by atoms with Crippen LogP contribution in [0.3, 0.4) is 0 Å². The molecule has 0 fully saturated rings. The topological polar surface area (TPSA) is 508 Å². The number of hydrogen-bond donors (Lipinski definition) is 19. The number of aromatic nitrogens is 1. The number of thiol groups is 2. The molecule has 1 aromatic heterocycles. The lowest BCUT2D eigenvalue weighted by Crippen LogP contribution is -2.62. The number of H-pyrrole nitrogens is 1. The van der Waals surface area contributed by atoms with Gasteiger partial charge in [-0.1, -0.05) is 30.3 Å². The fourth-order valence-corrected chi connectivity index (χ4v) is 8.00. The summed E-state index contributed by atoms with van der Waals surface area (Å²) in [7, 11) is 1.44. The van der Waals surface area contributed by atoms with Crippen LogP contribution >= 0.6 is 25.3 Å². The highest BCUT2D eigenvalue weighted by Gasteiger charge is 2.38. The molecule has 0 saturated carbocycles. The molecule has 33 heteroatoms. The molecular formula is C49H66N12O19S2. The summed E-state index contributed by atoms with van der Waals surface area (Å²) in [6, 6.07) is -3.02. The zero-order valence-corrected chi connectivity index (χ0v) is 46.0. The number of primary amides is 1. The van der Waals surface area contributed by atoms with E-state index in [0.29, 0.717) is 27.8 Å². The Morgan fingerprint density at radius 3 is 1.51 bits per heavy atom. The van der Waals surface area contributed by atoms with Crippen molar-refractivity contribution in [2.24, 2.45) is 11.5 Å². The van der Waals surface area contributed by atoms with Gasteiger partial charge in [-0.05, 0) is 43.2 Å². The number of carbonyl (C=O) groups excluding carboxylic acids is 10. The van der Waals surface area contributed by atoms with Crippen LogP contribution in [0.4, 0.5) is 0 Å². The van der Waals surface area contributed by atoms with Crippen molar-refractivity contribution in [3.63, 3.8) is 0 Å². The molecule has 448 valence electrons. The lowest BCUT2D eigenvalue weighted by atomic mass is 10.0. The summed E-state index contributed by atoms with van der Waals surface area (Å²) >= 11 is 7.87. The molecule has 19 N–H and O–H groups in total. The number of aliphatic hydroxyl groups is 2. The second-order valence-electron chi connectivity index (χ2n) is 18.4. The standard InChI is InChI=1S/C49H66N12O19S2/c1-21(62)39(61-46(75)31(14-35(51)64)54-36(65)18-53-42(71)29(55-41(70)27(50)19-81)12-23-8-10-25(80-3)11-9-23)47(76)58-33(16-38(68)69)44(73)57-32(15-37(66)67)43(72)56-30(13-24-17-52-28-7-5-4-6-26(24)28)45(74)60-40(22(2)63)48(77)59-34(20-82)49(78)79/h4-11,17,21-22,27,29-34,39-40,52,62-63,81-82H,12-16,18-20,50H2,1-3H3,(H2,51,64)(H,53,71)(H,54,65)(H,55,70)(H,56,72)(H,57,73)(H,58,76)(H,59,77)(H,60,74)(H,61,75)(H,66,67)(H,68,69)(H,78,79)/t21-,22-,27+,29+,30+,31+,32+,33+,34+,39+,40+/m1/s1. The molecule has 0 radical (unpaired) electrons. The number of para-hydroxylation sites is 1. The monoisotopic (exact) mass is 1190 g/mol. The smallest absolute Gasteiger partial charge is 0.327 e. The first-order valence-corrected chi connectivity index (χ1v) is 26.0. The minimum Gasteiger partial charge on any atom is -0.497 e. The molecular weight excluding hydrogens is 1120 g/mol. The van der Waals surface area contributed by atoms with E-state index in [1.807, 2.05) is 10.6 Å². The summed E-state index contributed by atoms with van der Waals surface area (Å²) < 4.78 is 5.14. The Bertz CT molecular complexity index is 2820. The van der Waals surface area contributed by atoms with Crippen molar-refractivity contribution >= 4 is 113 Å². The number of methoxy groups -OCH3 is 1. The maximum Gasteiger partial charge on any atom is 0.327 e. The summed E-state index contributed by atoms with van der Waals surface area (Å²) in [5, 5.41) is 70.3. The van der Waals surface area contributed by atoms with E-state index in [1.54, 1.807) is 48.5 Å². The molecule has 0 aliphatic carbocycles. The fraction of sp³-hybridized carbons (Fsp3) is 0.449. The number of aliphatic hydroxyl groups excluding tert-OH is 2. The van der Waals surface area contributed by atoms with Gasteiger partial charge < -0.3 is 94.6 Å². The summed E-state index contributed by atoms with van der Waals surface area (Å²) in [6.07, 6.45) is -6.12. The number of fused-ring (bicyclic) bond motifs is 1. The van der Waals surface area contributed by atoms with Gasteiger partial charge in [0, 0.05) is 41.4 Å². The number of aromatic amines is 1. The maximum absolute atomic E-state index is 14.0. The van der Waals surface area contributed by atoms with Gasteiger partial charge in [0.15, 0.2) is 0 Å². The van der Waals surface area contributed by atoms with Crippen LogP contribution in [-0.2, 0) is 75.2 Å². The molecule has 31 nitrogen and oxygen atoms in total. The third-order valence-electron chi connectivity index (χ3n) is 11.9. The molecule has 0 bridgehead atoms. The average Bonchev–Trinajstić information content (AvgIpc) is 3.95. The fourth-order valence-electron chi connectivity index (χ4n) is 7.58. The number of aliphatic carboxylic acids is 3. The van der Waals surface area contributed by atoms with Gasteiger partial charge in [0.1, 0.15) is 54.1 Å². The van der Waals surface area contributed by atoms with Crippen LogP contribution in [0, 0.1) is 0 Å². The van der Waals surface area contributed by atoms with Gasteiger partial charge in [-0.15, -0.1) is 0 Å². The van der Waals surface area contributed by atoms with Gasteiger partial charge in [-0.3, -0.25) is 57.5 Å². The van der Waals surface area contributed by atoms with Crippen LogP contribution in [0.5, 0.6) is 5.75 Å². The Balaban J connectivity index is 1.85. The highest BCUT2D eigenvalue weighted by molar-refractivity contribution is 7.80. The second kappa shape index (κ2) is 32.7. The zero-order valence-electron chi connectivity index (χ0n) is 44.2. The van der Waals surface area contributed by atoms with E-state index < -0.39 is 182 Å². The first kappa shape index (κ1) is 67.7. The molecule has 82 heavy (non-hydrogen) atoms. The molecule has 0 unspecified atom stereocenters. The Kier molecular flexibility index (Phi) is 27.0. The van der Waals surface area contributed by atoms with Gasteiger partial charge in [0.2, 0.25) is 59.1 Å². The number of hydrogen-bond acceptors (Lipinski definition) is 19. The molecule has 10 amide bonds.